The van der Waals surface area contributed by atoms with Crippen molar-refractivity contribution in [1.82, 2.24) is 9.97 Å². The van der Waals surface area contributed by atoms with Crippen molar-refractivity contribution in [3.8, 4) is 5.75 Å². The summed E-state index contributed by atoms with van der Waals surface area (Å²) in [5.74, 6) is 1.22. The van der Waals surface area contributed by atoms with E-state index in [1.54, 1.807) is 6.07 Å². The molecule has 0 radical (unpaired) electrons. The van der Waals surface area contributed by atoms with Crippen LogP contribution in [0.15, 0.2) is 59.4 Å². The SMILES string of the molecule is CC1(C)C=C(Nc2nc3ccccc3c(=O)[nH]2)c2ccccc2O1. The molecule has 0 aliphatic carbocycles. The topological polar surface area (TPSA) is 67.0 Å². The second kappa shape index (κ2) is 5.23. The average Bonchev–Trinajstić information content (AvgIpc) is 2.54. The van der Waals surface area contributed by atoms with Gasteiger partial charge in [0.2, 0.25) is 5.95 Å². The van der Waals surface area contributed by atoms with E-state index in [1.165, 1.54) is 0 Å². The third-order valence-electron chi connectivity index (χ3n) is 3.91. The molecule has 0 amide bonds. The molecule has 1 aromatic heterocycles. The lowest BCUT2D eigenvalue weighted by Crippen LogP contribution is -2.30. The maximum absolute atomic E-state index is 12.2. The third kappa shape index (κ3) is 2.54. The van der Waals surface area contributed by atoms with Crippen molar-refractivity contribution >= 4 is 22.5 Å². The molecular weight excluding hydrogens is 302 g/mol. The largest absolute Gasteiger partial charge is 0.483 e. The van der Waals surface area contributed by atoms with Gasteiger partial charge in [-0.05, 0) is 44.2 Å². The fourth-order valence-corrected chi connectivity index (χ4v) is 2.89. The summed E-state index contributed by atoms with van der Waals surface area (Å²) < 4.78 is 5.97. The number of fused-ring (bicyclic) bond motifs is 2. The van der Waals surface area contributed by atoms with Gasteiger partial charge in [0.15, 0.2) is 0 Å². The van der Waals surface area contributed by atoms with E-state index in [1.807, 2.05) is 62.4 Å². The molecule has 3 aromatic rings. The Hall–Kier alpha value is -3.08. The summed E-state index contributed by atoms with van der Waals surface area (Å²) in [6.07, 6.45) is 1.99. The van der Waals surface area contributed by atoms with Crippen LogP contribution in [-0.2, 0) is 0 Å². The van der Waals surface area contributed by atoms with Gasteiger partial charge in [-0.1, -0.05) is 24.3 Å². The average molecular weight is 319 g/mol. The summed E-state index contributed by atoms with van der Waals surface area (Å²) in [4.78, 5) is 19.5. The van der Waals surface area contributed by atoms with Gasteiger partial charge in [-0.15, -0.1) is 0 Å². The molecule has 0 bridgehead atoms. The van der Waals surface area contributed by atoms with Gasteiger partial charge in [-0.25, -0.2) is 4.98 Å². The van der Waals surface area contributed by atoms with Crippen LogP contribution in [0.2, 0.25) is 0 Å². The monoisotopic (exact) mass is 319 g/mol. The second-order valence-electron chi connectivity index (χ2n) is 6.32. The van der Waals surface area contributed by atoms with Crippen molar-refractivity contribution in [2.45, 2.75) is 19.4 Å². The first-order valence-electron chi connectivity index (χ1n) is 7.79. The maximum Gasteiger partial charge on any atom is 0.260 e. The number of hydrogen-bond acceptors (Lipinski definition) is 4. The predicted molar refractivity (Wildman–Crippen MR) is 95.1 cm³/mol. The molecule has 5 heteroatoms. The van der Waals surface area contributed by atoms with E-state index in [0.29, 0.717) is 16.9 Å². The highest BCUT2D eigenvalue weighted by molar-refractivity contribution is 5.83. The number of aromatic nitrogens is 2. The van der Waals surface area contributed by atoms with Crippen LogP contribution < -0.4 is 15.6 Å². The molecule has 2 aromatic carbocycles. The Balaban J connectivity index is 1.80. The zero-order valence-electron chi connectivity index (χ0n) is 13.5. The number of nitrogens with one attached hydrogen (secondary N) is 2. The van der Waals surface area contributed by atoms with Gasteiger partial charge in [0, 0.05) is 5.56 Å². The molecule has 4 rings (SSSR count). The van der Waals surface area contributed by atoms with Crippen LogP contribution in [0.3, 0.4) is 0 Å². The third-order valence-corrected chi connectivity index (χ3v) is 3.91. The summed E-state index contributed by atoms with van der Waals surface area (Å²) in [5, 5.41) is 3.81. The zero-order valence-corrected chi connectivity index (χ0v) is 13.5. The number of ether oxygens (including phenoxy) is 1. The molecule has 1 aliphatic heterocycles. The van der Waals surface area contributed by atoms with Crippen molar-refractivity contribution in [3.63, 3.8) is 0 Å². The first kappa shape index (κ1) is 14.5. The van der Waals surface area contributed by atoms with E-state index >= 15 is 0 Å². The summed E-state index contributed by atoms with van der Waals surface area (Å²) in [7, 11) is 0. The Bertz CT molecular complexity index is 1020. The minimum absolute atomic E-state index is 0.164. The van der Waals surface area contributed by atoms with Gasteiger partial charge in [-0.3, -0.25) is 9.78 Å². The number of hydrogen-bond donors (Lipinski definition) is 2. The number of nitrogens with zero attached hydrogens (tertiary/aromatic N) is 1. The van der Waals surface area contributed by atoms with Gasteiger partial charge in [0.05, 0.1) is 16.6 Å². The Kier molecular flexibility index (Phi) is 3.16. The highest BCUT2D eigenvalue weighted by atomic mass is 16.5. The van der Waals surface area contributed by atoms with Crippen LogP contribution in [0.5, 0.6) is 5.75 Å². The van der Waals surface area contributed by atoms with E-state index in [9.17, 15) is 4.79 Å². The molecule has 2 N–H and O–H groups in total. The number of para-hydroxylation sites is 2. The number of H-pyrrole nitrogens is 1. The molecule has 0 spiro atoms. The fraction of sp³-hybridized carbons (Fsp3) is 0.158. The fourth-order valence-electron chi connectivity index (χ4n) is 2.89. The van der Waals surface area contributed by atoms with E-state index in [2.05, 4.69) is 15.3 Å². The molecule has 120 valence electrons. The van der Waals surface area contributed by atoms with Crippen molar-refractivity contribution in [1.29, 1.82) is 0 Å². The lowest BCUT2D eigenvalue weighted by Gasteiger charge is -2.31. The van der Waals surface area contributed by atoms with Gasteiger partial charge in [-0.2, -0.15) is 0 Å². The zero-order chi connectivity index (χ0) is 16.7. The molecule has 0 atom stereocenters. The molecule has 2 heterocycles. The molecule has 0 fully saturated rings. The summed E-state index contributed by atoms with van der Waals surface area (Å²) >= 11 is 0. The second-order valence-corrected chi connectivity index (χ2v) is 6.32. The van der Waals surface area contributed by atoms with E-state index in [-0.39, 0.29) is 5.56 Å². The van der Waals surface area contributed by atoms with Crippen molar-refractivity contribution in [2.24, 2.45) is 0 Å². The van der Waals surface area contributed by atoms with Crippen molar-refractivity contribution in [3.05, 3.63) is 70.5 Å². The number of benzene rings is 2. The number of anilines is 1. The first-order chi connectivity index (χ1) is 11.5. The highest BCUT2D eigenvalue weighted by Crippen LogP contribution is 2.35. The molecule has 5 nitrogen and oxygen atoms in total. The van der Waals surface area contributed by atoms with E-state index in [4.69, 9.17) is 4.74 Å². The Morgan fingerprint density at radius 1 is 1.08 bits per heavy atom. The molecule has 0 saturated heterocycles. The first-order valence-corrected chi connectivity index (χ1v) is 7.79. The van der Waals surface area contributed by atoms with Gasteiger partial charge in [0.25, 0.3) is 5.56 Å². The number of rotatable bonds is 2. The number of aromatic amines is 1. The van der Waals surface area contributed by atoms with Crippen LogP contribution in [0.1, 0.15) is 19.4 Å². The maximum atomic E-state index is 12.2. The lowest BCUT2D eigenvalue weighted by molar-refractivity contribution is 0.158. The quantitative estimate of drug-likeness (QED) is 0.758. The van der Waals surface area contributed by atoms with E-state index < -0.39 is 5.60 Å². The standard InChI is InChI=1S/C19H17N3O2/c1-19(2)11-15(12-7-4-6-10-16(12)24-19)21-18-20-14-9-5-3-8-13(14)17(23)22-18/h3-11H,1-2H3,(H2,20,21,22,23). The van der Waals surface area contributed by atoms with Crippen LogP contribution in [-0.4, -0.2) is 15.6 Å². The Morgan fingerprint density at radius 3 is 2.71 bits per heavy atom. The van der Waals surface area contributed by atoms with Crippen LogP contribution in [0.25, 0.3) is 16.6 Å². The van der Waals surface area contributed by atoms with E-state index in [0.717, 1.165) is 17.0 Å². The summed E-state index contributed by atoms with van der Waals surface area (Å²) in [6.45, 7) is 3.97. The smallest absolute Gasteiger partial charge is 0.260 e. The summed E-state index contributed by atoms with van der Waals surface area (Å²) in [5.41, 5.74) is 1.84. The molecule has 0 unspecified atom stereocenters. The lowest BCUT2D eigenvalue weighted by atomic mass is 9.99. The molecule has 0 saturated carbocycles. The Morgan fingerprint density at radius 2 is 1.83 bits per heavy atom. The van der Waals surface area contributed by atoms with Crippen LogP contribution in [0.4, 0.5) is 5.95 Å². The minimum Gasteiger partial charge on any atom is -0.483 e. The Labute approximate surface area is 139 Å². The summed E-state index contributed by atoms with van der Waals surface area (Å²) in [6, 6.07) is 15.1. The molecule has 24 heavy (non-hydrogen) atoms. The van der Waals surface area contributed by atoms with Crippen LogP contribution >= 0.6 is 0 Å². The van der Waals surface area contributed by atoms with Gasteiger partial charge >= 0.3 is 0 Å². The van der Waals surface area contributed by atoms with Gasteiger partial charge in [0.1, 0.15) is 11.4 Å². The highest BCUT2D eigenvalue weighted by Gasteiger charge is 2.26. The van der Waals surface area contributed by atoms with Crippen molar-refractivity contribution < 1.29 is 4.74 Å². The van der Waals surface area contributed by atoms with Crippen LogP contribution in [0, 0.1) is 0 Å². The molecule has 1 aliphatic rings. The minimum atomic E-state index is -0.451. The van der Waals surface area contributed by atoms with Crippen molar-refractivity contribution in [2.75, 3.05) is 5.32 Å². The normalized spacial score (nSPS) is 15.3. The van der Waals surface area contributed by atoms with Gasteiger partial charge < -0.3 is 10.1 Å². The predicted octanol–water partition coefficient (Wildman–Crippen LogP) is 3.55. The molecular formula is C19H17N3O2.